The summed E-state index contributed by atoms with van der Waals surface area (Å²) in [4.78, 5) is 0. The predicted octanol–water partition coefficient (Wildman–Crippen LogP) is 0.703. The van der Waals surface area contributed by atoms with Gasteiger partial charge in [0, 0.05) is 5.69 Å². The van der Waals surface area contributed by atoms with Gasteiger partial charge in [0.15, 0.2) is 5.03 Å². The van der Waals surface area contributed by atoms with Gasteiger partial charge in [-0.1, -0.05) is 12.1 Å². The van der Waals surface area contributed by atoms with E-state index in [0.717, 1.165) is 0 Å². The Balaban J connectivity index is 2.26. The van der Waals surface area contributed by atoms with Gasteiger partial charge in [0.1, 0.15) is 0 Å². The first-order chi connectivity index (χ1) is 8.12. The molecule has 0 spiro atoms. The minimum atomic E-state index is -3.64. The van der Waals surface area contributed by atoms with E-state index in [2.05, 4.69) is 14.9 Å². The summed E-state index contributed by atoms with van der Waals surface area (Å²) in [6.45, 7) is -0.139. The fraction of sp³-hybridized carbons (Fsp3) is 0.100. The van der Waals surface area contributed by atoms with Crippen LogP contribution >= 0.6 is 0 Å². The van der Waals surface area contributed by atoms with E-state index in [1.807, 2.05) is 0 Å². The van der Waals surface area contributed by atoms with Crippen LogP contribution in [0.3, 0.4) is 0 Å². The predicted molar refractivity (Wildman–Crippen MR) is 61.8 cm³/mol. The van der Waals surface area contributed by atoms with Crippen molar-refractivity contribution in [2.75, 3.05) is 4.72 Å². The number of aromatic nitrogens is 2. The van der Waals surface area contributed by atoms with Gasteiger partial charge < -0.3 is 5.11 Å². The summed E-state index contributed by atoms with van der Waals surface area (Å²) in [5.74, 6) is 0. The number of rotatable bonds is 4. The van der Waals surface area contributed by atoms with Gasteiger partial charge in [-0.2, -0.15) is 13.5 Å². The maximum absolute atomic E-state index is 11.8. The van der Waals surface area contributed by atoms with Gasteiger partial charge >= 0.3 is 0 Å². The Morgan fingerprint density at radius 1 is 1.35 bits per heavy atom. The number of hydrogen-bond acceptors (Lipinski definition) is 4. The Hall–Kier alpha value is -1.86. The zero-order valence-electron chi connectivity index (χ0n) is 8.79. The standard InChI is InChI=1S/C10H11N3O3S/c14-7-8-2-1-3-9(6-8)13-17(15,16)10-4-5-11-12-10/h1-6,13-14H,7H2,(H,11,12). The Morgan fingerprint density at radius 3 is 2.82 bits per heavy atom. The van der Waals surface area contributed by atoms with E-state index in [9.17, 15) is 8.42 Å². The van der Waals surface area contributed by atoms with E-state index in [1.165, 1.54) is 12.3 Å². The van der Waals surface area contributed by atoms with Crippen LogP contribution in [-0.4, -0.2) is 23.7 Å². The zero-order chi connectivity index (χ0) is 12.3. The number of aliphatic hydroxyl groups excluding tert-OH is 1. The lowest BCUT2D eigenvalue weighted by molar-refractivity contribution is 0.282. The third kappa shape index (κ3) is 2.63. The molecule has 0 radical (unpaired) electrons. The number of nitrogens with one attached hydrogen (secondary N) is 2. The van der Waals surface area contributed by atoms with Crippen molar-refractivity contribution in [1.29, 1.82) is 0 Å². The number of aliphatic hydroxyl groups is 1. The summed E-state index contributed by atoms with van der Waals surface area (Å²) in [6, 6.07) is 7.89. The number of hydrogen-bond donors (Lipinski definition) is 3. The maximum atomic E-state index is 11.8. The zero-order valence-corrected chi connectivity index (χ0v) is 9.61. The molecule has 0 atom stereocenters. The van der Waals surface area contributed by atoms with E-state index in [1.54, 1.807) is 24.3 Å². The first-order valence-electron chi connectivity index (χ1n) is 4.84. The summed E-state index contributed by atoms with van der Waals surface area (Å²) >= 11 is 0. The summed E-state index contributed by atoms with van der Waals surface area (Å²) in [6.07, 6.45) is 1.36. The second kappa shape index (κ2) is 4.56. The highest BCUT2D eigenvalue weighted by atomic mass is 32.2. The topological polar surface area (TPSA) is 95.1 Å². The molecule has 0 aliphatic carbocycles. The average Bonchev–Trinajstić information content (AvgIpc) is 2.83. The van der Waals surface area contributed by atoms with Crippen molar-refractivity contribution in [2.45, 2.75) is 11.6 Å². The van der Waals surface area contributed by atoms with Gasteiger partial charge in [0.25, 0.3) is 10.0 Å². The monoisotopic (exact) mass is 253 g/mol. The SMILES string of the molecule is O=S(=O)(Nc1cccc(CO)c1)c1ccn[nH]1. The molecule has 0 saturated heterocycles. The second-order valence-electron chi connectivity index (χ2n) is 3.38. The molecule has 6 nitrogen and oxygen atoms in total. The Morgan fingerprint density at radius 2 is 2.18 bits per heavy atom. The molecule has 1 aromatic carbocycles. The molecule has 0 bridgehead atoms. The summed E-state index contributed by atoms with van der Waals surface area (Å²) in [5.41, 5.74) is 1.03. The minimum Gasteiger partial charge on any atom is -0.392 e. The van der Waals surface area contributed by atoms with Crippen LogP contribution in [0.2, 0.25) is 0 Å². The van der Waals surface area contributed by atoms with Crippen LogP contribution in [0.5, 0.6) is 0 Å². The van der Waals surface area contributed by atoms with E-state index in [0.29, 0.717) is 11.3 Å². The van der Waals surface area contributed by atoms with Crippen LogP contribution in [0.15, 0.2) is 41.6 Å². The molecular formula is C10H11N3O3S. The Kier molecular flexibility index (Phi) is 3.12. The summed E-state index contributed by atoms with van der Waals surface area (Å²) in [7, 11) is -3.64. The molecule has 0 fully saturated rings. The number of anilines is 1. The molecule has 7 heteroatoms. The van der Waals surface area contributed by atoms with Gasteiger partial charge in [-0.15, -0.1) is 0 Å². The van der Waals surface area contributed by atoms with Crippen molar-refractivity contribution in [1.82, 2.24) is 10.2 Å². The molecule has 0 saturated carbocycles. The van der Waals surface area contributed by atoms with Crippen molar-refractivity contribution in [3.63, 3.8) is 0 Å². The normalized spacial score (nSPS) is 11.4. The molecule has 1 aromatic heterocycles. The number of H-pyrrole nitrogens is 1. The van der Waals surface area contributed by atoms with Gasteiger partial charge in [-0.3, -0.25) is 9.82 Å². The van der Waals surface area contributed by atoms with Crippen molar-refractivity contribution >= 4 is 15.7 Å². The molecule has 90 valence electrons. The molecular weight excluding hydrogens is 242 g/mol. The van der Waals surface area contributed by atoms with Crippen LogP contribution in [0.25, 0.3) is 0 Å². The fourth-order valence-electron chi connectivity index (χ4n) is 1.34. The van der Waals surface area contributed by atoms with Crippen molar-refractivity contribution < 1.29 is 13.5 Å². The lowest BCUT2D eigenvalue weighted by Crippen LogP contribution is -2.13. The number of sulfonamides is 1. The molecule has 17 heavy (non-hydrogen) atoms. The summed E-state index contributed by atoms with van der Waals surface area (Å²) in [5, 5.41) is 14.9. The number of nitrogens with zero attached hydrogens (tertiary/aromatic N) is 1. The molecule has 0 amide bonds. The van der Waals surface area contributed by atoms with E-state index >= 15 is 0 Å². The Labute approximate surface area is 98.4 Å². The van der Waals surface area contributed by atoms with Crippen molar-refractivity contribution in [3.8, 4) is 0 Å². The lowest BCUT2D eigenvalue weighted by Gasteiger charge is -2.06. The Bertz CT molecular complexity index is 593. The van der Waals surface area contributed by atoms with Crippen LogP contribution in [0.4, 0.5) is 5.69 Å². The van der Waals surface area contributed by atoms with Crippen molar-refractivity contribution in [3.05, 3.63) is 42.1 Å². The van der Waals surface area contributed by atoms with Crippen LogP contribution in [0, 0.1) is 0 Å². The van der Waals surface area contributed by atoms with Crippen LogP contribution in [0.1, 0.15) is 5.56 Å². The fourth-order valence-corrected chi connectivity index (χ4v) is 2.30. The van der Waals surface area contributed by atoms with Gasteiger partial charge in [0.05, 0.1) is 12.8 Å². The number of benzene rings is 1. The highest BCUT2D eigenvalue weighted by Gasteiger charge is 2.15. The summed E-state index contributed by atoms with van der Waals surface area (Å²) < 4.78 is 26.0. The first kappa shape index (κ1) is 11.6. The van der Waals surface area contributed by atoms with Gasteiger partial charge in [-0.25, -0.2) is 0 Å². The first-order valence-corrected chi connectivity index (χ1v) is 6.32. The van der Waals surface area contributed by atoms with Gasteiger partial charge in [0.2, 0.25) is 0 Å². The molecule has 2 aromatic rings. The largest absolute Gasteiger partial charge is 0.392 e. The molecule has 0 unspecified atom stereocenters. The lowest BCUT2D eigenvalue weighted by atomic mass is 10.2. The van der Waals surface area contributed by atoms with Crippen molar-refractivity contribution in [2.24, 2.45) is 0 Å². The maximum Gasteiger partial charge on any atom is 0.278 e. The second-order valence-corrected chi connectivity index (χ2v) is 5.04. The quantitative estimate of drug-likeness (QED) is 0.747. The van der Waals surface area contributed by atoms with E-state index < -0.39 is 10.0 Å². The highest BCUT2D eigenvalue weighted by Crippen LogP contribution is 2.15. The van der Waals surface area contributed by atoms with E-state index in [4.69, 9.17) is 5.11 Å². The minimum absolute atomic E-state index is 0.00750. The average molecular weight is 253 g/mol. The molecule has 1 heterocycles. The van der Waals surface area contributed by atoms with E-state index in [-0.39, 0.29) is 11.6 Å². The van der Waals surface area contributed by atoms with Crippen LogP contribution < -0.4 is 4.72 Å². The molecule has 0 aliphatic heterocycles. The highest BCUT2D eigenvalue weighted by molar-refractivity contribution is 7.92. The third-order valence-corrected chi connectivity index (χ3v) is 3.44. The molecule has 0 aliphatic rings. The molecule has 3 N–H and O–H groups in total. The third-order valence-electron chi connectivity index (χ3n) is 2.13. The number of aromatic amines is 1. The van der Waals surface area contributed by atoms with Gasteiger partial charge in [-0.05, 0) is 23.8 Å². The smallest absolute Gasteiger partial charge is 0.278 e. The van der Waals surface area contributed by atoms with Crippen LogP contribution in [-0.2, 0) is 16.6 Å². The molecule has 2 rings (SSSR count).